The first-order valence-electron chi connectivity index (χ1n) is 8.51. The van der Waals surface area contributed by atoms with E-state index in [0.29, 0.717) is 6.61 Å². The molecule has 1 aliphatic carbocycles. The second-order valence-corrected chi connectivity index (χ2v) is 7.11. The number of alkyl carbamates (subject to hydrolysis) is 1. The second-order valence-electron chi connectivity index (χ2n) is 7.11. The fraction of sp³-hybridized carbons (Fsp3) is 0.778. The Bertz CT molecular complexity index is 400. The van der Waals surface area contributed by atoms with E-state index in [1.807, 2.05) is 19.9 Å². The molecule has 0 aromatic rings. The van der Waals surface area contributed by atoms with Crippen molar-refractivity contribution in [3.63, 3.8) is 0 Å². The van der Waals surface area contributed by atoms with E-state index in [-0.39, 0.29) is 17.3 Å². The van der Waals surface area contributed by atoms with Crippen LogP contribution in [0.3, 0.4) is 0 Å². The molecule has 1 unspecified atom stereocenters. The first-order chi connectivity index (χ1) is 10.9. The van der Waals surface area contributed by atoms with Gasteiger partial charge in [0.1, 0.15) is 6.04 Å². The van der Waals surface area contributed by atoms with E-state index < -0.39 is 12.1 Å². The molecule has 0 aromatic heterocycles. The molecule has 5 heteroatoms. The molecule has 0 spiro atoms. The number of amides is 1. The summed E-state index contributed by atoms with van der Waals surface area (Å²) in [5.41, 5.74) is -0.114. The number of carbonyl (C=O) groups excluding carboxylic acids is 2. The zero-order valence-corrected chi connectivity index (χ0v) is 14.7. The van der Waals surface area contributed by atoms with Crippen molar-refractivity contribution in [2.24, 2.45) is 11.3 Å². The number of ether oxygens (including phenoxy) is 2. The molecule has 0 bridgehead atoms. The first kappa shape index (κ1) is 19.5. The van der Waals surface area contributed by atoms with Gasteiger partial charge in [-0.3, -0.25) is 0 Å². The SMILES string of the molecule is C=CCCC(C)(C)COC(=O)NC(C(=O)OC)C1CCCCC1. The van der Waals surface area contributed by atoms with Gasteiger partial charge in [0.15, 0.2) is 0 Å². The Balaban J connectivity index is 2.52. The lowest BCUT2D eigenvalue weighted by Gasteiger charge is -2.29. The molecule has 1 rings (SSSR count). The molecule has 1 saturated carbocycles. The van der Waals surface area contributed by atoms with Crippen LogP contribution in [-0.2, 0) is 14.3 Å². The van der Waals surface area contributed by atoms with Crippen LogP contribution >= 0.6 is 0 Å². The van der Waals surface area contributed by atoms with Gasteiger partial charge in [-0.1, -0.05) is 39.2 Å². The van der Waals surface area contributed by atoms with Gasteiger partial charge in [0.05, 0.1) is 13.7 Å². The lowest BCUT2D eigenvalue weighted by Crippen LogP contribution is -2.47. The number of nitrogens with one attached hydrogen (secondary N) is 1. The average Bonchev–Trinajstić information content (AvgIpc) is 2.56. The van der Waals surface area contributed by atoms with E-state index in [9.17, 15) is 9.59 Å². The molecule has 132 valence electrons. The van der Waals surface area contributed by atoms with Crippen LogP contribution in [0.4, 0.5) is 4.79 Å². The molecule has 5 nitrogen and oxygen atoms in total. The summed E-state index contributed by atoms with van der Waals surface area (Å²) in [6, 6.07) is -0.607. The predicted molar refractivity (Wildman–Crippen MR) is 90.1 cm³/mol. The van der Waals surface area contributed by atoms with E-state index in [2.05, 4.69) is 11.9 Å². The summed E-state index contributed by atoms with van der Waals surface area (Å²) in [6.45, 7) is 8.11. The molecule has 0 aliphatic heterocycles. The van der Waals surface area contributed by atoms with Gasteiger partial charge in [-0.05, 0) is 37.0 Å². The second kappa shape index (κ2) is 9.58. The fourth-order valence-electron chi connectivity index (χ4n) is 2.96. The number of carbonyl (C=O) groups is 2. The highest BCUT2D eigenvalue weighted by atomic mass is 16.6. The van der Waals surface area contributed by atoms with Crippen molar-refractivity contribution in [2.75, 3.05) is 13.7 Å². The summed E-state index contributed by atoms with van der Waals surface area (Å²) in [5.74, 6) is -0.253. The maximum absolute atomic E-state index is 12.1. The van der Waals surface area contributed by atoms with Crippen molar-refractivity contribution in [3.8, 4) is 0 Å². The van der Waals surface area contributed by atoms with Gasteiger partial charge in [0.25, 0.3) is 0 Å². The maximum atomic E-state index is 12.1. The quantitative estimate of drug-likeness (QED) is 0.544. The van der Waals surface area contributed by atoms with Crippen LogP contribution in [0.15, 0.2) is 12.7 Å². The van der Waals surface area contributed by atoms with Gasteiger partial charge in [-0.25, -0.2) is 9.59 Å². The first-order valence-corrected chi connectivity index (χ1v) is 8.51. The summed E-state index contributed by atoms with van der Waals surface area (Å²) in [5, 5.41) is 2.71. The molecule has 0 heterocycles. The van der Waals surface area contributed by atoms with Crippen LogP contribution < -0.4 is 5.32 Å². The van der Waals surface area contributed by atoms with Gasteiger partial charge < -0.3 is 14.8 Å². The highest BCUT2D eigenvalue weighted by molar-refractivity contribution is 5.81. The van der Waals surface area contributed by atoms with Crippen molar-refractivity contribution >= 4 is 12.1 Å². The van der Waals surface area contributed by atoms with E-state index in [1.165, 1.54) is 13.5 Å². The molecule has 1 fully saturated rings. The minimum atomic E-state index is -0.607. The third-order valence-corrected chi connectivity index (χ3v) is 4.47. The van der Waals surface area contributed by atoms with Gasteiger partial charge in [-0.2, -0.15) is 0 Å². The molecule has 1 atom stereocenters. The molecule has 1 amide bonds. The van der Waals surface area contributed by atoms with E-state index in [1.54, 1.807) is 0 Å². The van der Waals surface area contributed by atoms with Crippen LogP contribution in [-0.4, -0.2) is 31.8 Å². The number of allylic oxidation sites excluding steroid dienone is 1. The number of hydrogen-bond acceptors (Lipinski definition) is 4. The Morgan fingerprint density at radius 1 is 1.30 bits per heavy atom. The largest absolute Gasteiger partial charge is 0.467 e. The van der Waals surface area contributed by atoms with E-state index >= 15 is 0 Å². The normalized spacial score (nSPS) is 17.2. The predicted octanol–water partition coefficient (Wildman–Crippen LogP) is 3.83. The smallest absolute Gasteiger partial charge is 0.407 e. The molecule has 0 saturated heterocycles. The Morgan fingerprint density at radius 2 is 1.96 bits per heavy atom. The van der Waals surface area contributed by atoms with Crippen LogP contribution in [0.1, 0.15) is 58.8 Å². The van der Waals surface area contributed by atoms with Crippen molar-refractivity contribution in [2.45, 2.75) is 64.8 Å². The Kier molecular flexibility index (Phi) is 8.13. The lowest BCUT2D eigenvalue weighted by molar-refractivity contribution is -0.144. The van der Waals surface area contributed by atoms with E-state index in [4.69, 9.17) is 9.47 Å². The van der Waals surface area contributed by atoms with Crippen molar-refractivity contribution in [1.29, 1.82) is 0 Å². The summed E-state index contributed by atoms with van der Waals surface area (Å²) in [4.78, 5) is 24.1. The topological polar surface area (TPSA) is 64.6 Å². The number of methoxy groups -OCH3 is 1. The minimum absolute atomic E-state index is 0.114. The molecular weight excluding hydrogens is 294 g/mol. The Morgan fingerprint density at radius 3 is 2.52 bits per heavy atom. The third kappa shape index (κ3) is 7.06. The monoisotopic (exact) mass is 325 g/mol. The van der Waals surface area contributed by atoms with Crippen LogP contribution in [0.2, 0.25) is 0 Å². The van der Waals surface area contributed by atoms with Crippen molar-refractivity contribution < 1.29 is 19.1 Å². The van der Waals surface area contributed by atoms with Crippen molar-refractivity contribution in [3.05, 3.63) is 12.7 Å². The average molecular weight is 325 g/mol. The minimum Gasteiger partial charge on any atom is -0.467 e. The Hall–Kier alpha value is -1.52. The van der Waals surface area contributed by atoms with Gasteiger partial charge in [0, 0.05) is 0 Å². The van der Waals surface area contributed by atoms with Crippen LogP contribution in [0.25, 0.3) is 0 Å². The number of hydrogen-bond donors (Lipinski definition) is 1. The van der Waals surface area contributed by atoms with Crippen LogP contribution in [0, 0.1) is 11.3 Å². The summed E-state index contributed by atoms with van der Waals surface area (Å²) in [6.07, 6.45) is 8.32. The van der Waals surface area contributed by atoms with Crippen molar-refractivity contribution in [1.82, 2.24) is 5.32 Å². The number of rotatable bonds is 8. The van der Waals surface area contributed by atoms with Gasteiger partial charge in [0.2, 0.25) is 0 Å². The molecule has 23 heavy (non-hydrogen) atoms. The molecule has 0 aromatic carbocycles. The van der Waals surface area contributed by atoms with Gasteiger partial charge >= 0.3 is 12.1 Å². The fourth-order valence-corrected chi connectivity index (χ4v) is 2.96. The van der Waals surface area contributed by atoms with E-state index in [0.717, 1.165) is 38.5 Å². The summed E-state index contributed by atoms with van der Waals surface area (Å²) in [7, 11) is 1.35. The molecule has 1 N–H and O–H groups in total. The maximum Gasteiger partial charge on any atom is 0.407 e. The number of esters is 1. The highest BCUT2D eigenvalue weighted by Gasteiger charge is 2.32. The molecule has 1 aliphatic rings. The van der Waals surface area contributed by atoms with Crippen LogP contribution in [0.5, 0.6) is 0 Å². The zero-order chi connectivity index (χ0) is 17.3. The van der Waals surface area contributed by atoms with Gasteiger partial charge in [-0.15, -0.1) is 6.58 Å². The zero-order valence-electron chi connectivity index (χ0n) is 14.7. The highest BCUT2D eigenvalue weighted by Crippen LogP contribution is 2.27. The third-order valence-electron chi connectivity index (χ3n) is 4.47. The summed E-state index contributed by atoms with van der Waals surface area (Å²) < 4.78 is 10.2. The standard InChI is InChI=1S/C18H31NO4/c1-5-6-12-18(2,3)13-23-17(21)19-15(16(20)22-4)14-10-8-7-9-11-14/h5,14-15H,1,6-13H2,2-4H3,(H,19,21). The summed E-state index contributed by atoms with van der Waals surface area (Å²) >= 11 is 0. The molecule has 0 radical (unpaired) electrons. The molecular formula is C18H31NO4. The Labute approximate surface area is 139 Å². The lowest BCUT2D eigenvalue weighted by atomic mass is 9.84.